The Hall–Kier alpha value is -7.49. The molecule has 9 aromatic rings. The number of aryl methyl sites for hydroxylation is 1. The van der Waals surface area contributed by atoms with Gasteiger partial charge in [0.05, 0.1) is 38.1 Å². The van der Waals surface area contributed by atoms with Crippen molar-refractivity contribution in [2.45, 2.75) is 80.4 Å². The van der Waals surface area contributed by atoms with E-state index in [4.69, 9.17) is 13.7 Å². The zero-order valence-electron chi connectivity index (χ0n) is 41.3. The lowest BCUT2D eigenvalue weighted by Crippen LogP contribution is -2.42. The van der Waals surface area contributed by atoms with Crippen molar-refractivity contribution >= 4 is 91.9 Å². The summed E-state index contributed by atoms with van der Waals surface area (Å²) in [4.78, 5) is 32.2. The van der Waals surface area contributed by atoms with Crippen molar-refractivity contribution < 1.29 is 53.4 Å². The van der Waals surface area contributed by atoms with Gasteiger partial charge in [-0.2, -0.15) is 16.8 Å². The highest BCUT2D eigenvalue weighted by Crippen LogP contribution is 2.53. The molecule has 1 aliphatic heterocycles. The molecule has 1 atom stereocenters. The molecular weight excluding hydrogens is 1010 g/mol. The number of ether oxygens (including phenoxy) is 2. The summed E-state index contributed by atoms with van der Waals surface area (Å²) in [6.07, 6.45) is 1.46. The summed E-state index contributed by atoms with van der Waals surface area (Å²) < 4.78 is 100. The molecule has 0 saturated heterocycles. The summed E-state index contributed by atoms with van der Waals surface area (Å²) >= 11 is -2.26. The van der Waals surface area contributed by atoms with Crippen LogP contribution in [0.2, 0.25) is 0 Å². The van der Waals surface area contributed by atoms with Gasteiger partial charge in [-0.1, -0.05) is 99.7 Å². The van der Waals surface area contributed by atoms with Gasteiger partial charge in [-0.25, -0.2) is 9.11 Å². The number of hydrogen-bond acceptors (Lipinski definition) is 10. The number of unbranched alkanes of at least 4 members (excludes halogenated alkanes) is 2. The lowest BCUT2D eigenvalue weighted by Gasteiger charge is -2.33. The van der Waals surface area contributed by atoms with E-state index in [1.165, 1.54) is 53.4 Å². The number of carbonyl (C=O) groups excluding carboxylic acids is 2. The second-order valence-corrected chi connectivity index (χ2v) is 23.0. The Morgan fingerprint density at radius 2 is 1.15 bits per heavy atom. The maximum absolute atomic E-state index is 15.5. The van der Waals surface area contributed by atoms with E-state index in [2.05, 4.69) is 11.8 Å². The predicted molar refractivity (Wildman–Crippen MR) is 290 cm³/mol. The van der Waals surface area contributed by atoms with Gasteiger partial charge in [0.25, 0.3) is 32.1 Å². The van der Waals surface area contributed by atoms with Crippen molar-refractivity contribution in [1.29, 1.82) is 0 Å². The molecule has 9 aromatic carbocycles. The van der Waals surface area contributed by atoms with E-state index in [0.717, 1.165) is 27.5 Å². The third kappa shape index (κ3) is 9.52. The molecule has 0 bridgehead atoms. The van der Waals surface area contributed by atoms with Gasteiger partial charge in [-0.05, 0) is 143 Å². The molecule has 0 saturated carbocycles. The standard InChI is InChI=1S/C59H49NO12S3/c1-34(2)43-13-10-14-44(35(3)4)57(43)60-58(61)48-32-50(72-39-22-28-41(29-23-39)74(65,66)67)54-46-16-11-15-45-37(12-8-6-7-9-31-70-75(68,69)42-26-17-36(5)18-27-42)19-30-47(52(45)46)55-51(33-49(59(60)62)53(48)56(54)55)71-38-20-24-40(25-21-38)73(63)64/h10-11,13-30,32-35H,6-7,9,31H2,1-5H3,(H,63,64)(H,65,66,67). The average Bonchev–Trinajstić information content (AvgIpc) is 3.41. The zero-order chi connectivity index (χ0) is 53.1. The summed E-state index contributed by atoms with van der Waals surface area (Å²) in [6.45, 7) is 9.87. The van der Waals surface area contributed by atoms with Crippen LogP contribution in [0.1, 0.15) is 102 Å². The molecule has 380 valence electrons. The topological polar surface area (TPSA) is 191 Å². The molecule has 0 radical (unpaired) electrons. The van der Waals surface area contributed by atoms with E-state index in [0.29, 0.717) is 68.6 Å². The van der Waals surface area contributed by atoms with Crippen LogP contribution in [0.3, 0.4) is 0 Å². The fourth-order valence-electron chi connectivity index (χ4n) is 9.83. The number of para-hydroxylation sites is 1. The molecule has 1 heterocycles. The molecular formula is C59H49NO12S3. The van der Waals surface area contributed by atoms with Crippen LogP contribution in [0, 0.1) is 18.8 Å². The van der Waals surface area contributed by atoms with Crippen LogP contribution >= 0.6 is 0 Å². The Balaban J connectivity index is 1.17. The van der Waals surface area contributed by atoms with E-state index in [1.807, 2.05) is 83.1 Å². The molecule has 10 rings (SSSR count). The first-order chi connectivity index (χ1) is 35.8. The number of carbonyl (C=O) groups is 2. The molecule has 0 fully saturated rings. The number of benzene rings is 9. The fourth-order valence-corrected chi connectivity index (χ4v) is 11.6. The normalized spacial score (nSPS) is 13.4. The van der Waals surface area contributed by atoms with Crippen LogP contribution in [0.25, 0.3) is 43.1 Å². The summed E-state index contributed by atoms with van der Waals surface area (Å²) in [6, 6.07) is 36.3. The Kier molecular flexibility index (Phi) is 13.6. The van der Waals surface area contributed by atoms with Crippen LogP contribution in [0.15, 0.2) is 148 Å². The number of imide groups is 1. The lowest BCUT2D eigenvalue weighted by molar-refractivity contribution is 0.0892. The minimum absolute atomic E-state index is 0.00270. The molecule has 1 unspecified atom stereocenters. The van der Waals surface area contributed by atoms with Gasteiger partial charge in [-0.15, -0.1) is 0 Å². The van der Waals surface area contributed by atoms with E-state index in [1.54, 1.807) is 36.4 Å². The second-order valence-electron chi connectivity index (χ2n) is 19.0. The number of hydrogen-bond donors (Lipinski definition) is 2. The van der Waals surface area contributed by atoms with Crippen molar-refractivity contribution in [3.8, 4) is 34.8 Å². The maximum atomic E-state index is 15.5. The van der Waals surface area contributed by atoms with Crippen LogP contribution in [-0.2, 0) is 35.5 Å². The largest absolute Gasteiger partial charge is 0.457 e. The average molecular weight is 1060 g/mol. The van der Waals surface area contributed by atoms with E-state index < -0.39 is 43.1 Å². The van der Waals surface area contributed by atoms with Crippen molar-refractivity contribution in [2.24, 2.45) is 0 Å². The molecule has 0 spiro atoms. The number of fused-ring (bicyclic) bond motifs is 2. The highest BCUT2D eigenvalue weighted by molar-refractivity contribution is 7.86. The molecule has 0 aliphatic carbocycles. The first-order valence-electron chi connectivity index (χ1n) is 24.2. The summed E-state index contributed by atoms with van der Waals surface area (Å²) in [5.41, 5.74) is 4.04. The van der Waals surface area contributed by atoms with Gasteiger partial charge in [0, 0.05) is 33.5 Å². The molecule has 0 aromatic heterocycles. The van der Waals surface area contributed by atoms with Gasteiger partial charge in [-0.3, -0.25) is 18.3 Å². The van der Waals surface area contributed by atoms with Gasteiger partial charge in [0.1, 0.15) is 23.0 Å². The molecule has 2 N–H and O–H groups in total. The number of anilines is 1. The van der Waals surface area contributed by atoms with Crippen LogP contribution < -0.4 is 14.4 Å². The van der Waals surface area contributed by atoms with Gasteiger partial charge in [0.2, 0.25) is 0 Å². The molecule has 75 heavy (non-hydrogen) atoms. The SMILES string of the molecule is Cc1ccc(S(=O)(=O)OCCCCC#Cc2ccc3c4c(Oc5ccc(S(=O)O)cc5)cc5c6c(cc(Oc7ccc(S(=O)(=O)O)cc7)c(c7cccc2c73)c64)C(=O)N(c2c(C(C)C)cccc2C(C)C)C5=O)cc1. The molecule has 13 nitrogen and oxygen atoms in total. The van der Waals surface area contributed by atoms with Crippen molar-refractivity contribution in [1.82, 2.24) is 0 Å². The van der Waals surface area contributed by atoms with Gasteiger partial charge >= 0.3 is 0 Å². The van der Waals surface area contributed by atoms with E-state index in [-0.39, 0.29) is 61.5 Å². The smallest absolute Gasteiger partial charge is 0.296 e. The van der Waals surface area contributed by atoms with Crippen molar-refractivity contribution in [3.63, 3.8) is 0 Å². The minimum Gasteiger partial charge on any atom is -0.457 e. The summed E-state index contributed by atoms with van der Waals surface area (Å²) in [5.74, 6) is 6.17. The van der Waals surface area contributed by atoms with Gasteiger partial charge in [0.15, 0.2) is 11.1 Å². The Labute approximate surface area is 436 Å². The third-order valence-corrected chi connectivity index (χ3v) is 16.3. The maximum Gasteiger partial charge on any atom is 0.296 e. The van der Waals surface area contributed by atoms with Crippen LogP contribution in [0.5, 0.6) is 23.0 Å². The molecule has 2 amide bonds. The zero-order valence-corrected chi connectivity index (χ0v) is 43.8. The minimum atomic E-state index is -4.55. The van der Waals surface area contributed by atoms with Crippen LogP contribution in [-0.4, -0.2) is 48.6 Å². The van der Waals surface area contributed by atoms with Crippen LogP contribution in [0.4, 0.5) is 5.69 Å². The van der Waals surface area contributed by atoms with Gasteiger partial charge < -0.3 is 14.0 Å². The third-order valence-electron chi connectivity index (χ3n) is 13.4. The fraction of sp³-hybridized carbons (Fsp3) is 0.186. The second kappa shape index (κ2) is 20.0. The number of rotatable bonds is 15. The first-order valence-corrected chi connectivity index (χ1v) is 28.1. The Morgan fingerprint density at radius 1 is 0.613 bits per heavy atom. The quantitative estimate of drug-likeness (QED) is 0.0145. The van der Waals surface area contributed by atoms with Crippen molar-refractivity contribution in [3.05, 3.63) is 167 Å². The summed E-state index contributed by atoms with van der Waals surface area (Å²) in [7, 11) is -8.46. The highest BCUT2D eigenvalue weighted by Gasteiger charge is 2.40. The Bertz CT molecular complexity index is 4080. The summed E-state index contributed by atoms with van der Waals surface area (Å²) in [5, 5.41) is 4.75. The monoisotopic (exact) mass is 1060 g/mol. The highest BCUT2D eigenvalue weighted by atomic mass is 32.2. The van der Waals surface area contributed by atoms with E-state index in [9.17, 15) is 30.1 Å². The first kappa shape index (κ1) is 51.0. The number of amides is 2. The Morgan fingerprint density at radius 3 is 1.71 bits per heavy atom. The molecule has 16 heteroatoms. The number of nitrogens with zero attached hydrogens (tertiary/aromatic N) is 1. The van der Waals surface area contributed by atoms with E-state index >= 15 is 9.59 Å². The lowest BCUT2D eigenvalue weighted by atomic mass is 9.82. The molecule has 1 aliphatic rings. The predicted octanol–water partition coefficient (Wildman–Crippen LogP) is 13.4. The van der Waals surface area contributed by atoms with Crippen molar-refractivity contribution in [2.75, 3.05) is 11.5 Å².